The molecule has 0 saturated heterocycles. The Balaban J connectivity index is 1.55. The van der Waals surface area contributed by atoms with Gasteiger partial charge in [0.05, 0.1) is 10.6 Å². The highest BCUT2D eigenvalue weighted by Crippen LogP contribution is 2.35. The highest BCUT2D eigenvalue weighted by atomic mass is 35.5. The normalized spacial score (nSPS) is 11.4. The summed E-state index contributed by atoms with van der Waals surface area (Å²) < 4.78 is 38.7. The Morgan fingerprint density at radius 1 is 1.11 bits per heavy atom. The number of thiophene rings is 1. The molecular weight excluding hydrogens is 409 g/mol. The summed E-state index contributed by atoms with van der Waals surface area (Å²) in [5.74, 6) is -0.246. The number of carbonyl (C=O) groups excluding carboxylic acids is 1. The van der Waals surface area contributed by atoms with E-state index in [-0.39, 0.29) is 23.8 Å². The van der Waals surface area contributed by atoms with Crippen molar-refractivity contribution >= 4 is 28.8 Å². The molecular formula is C20H16ClF3N2OS. The van der Waals surface area contributed by atoms with Crippen molar-refractivity contribution in [1.29, 1.82) is 0 Å². The molecule has 0 radical (unpaired) electrons. The lowest BCUT2D eigenvalue weighted by molar-refractivity contribution is -0.137. The highest BCUT2D eigenvalue weighted by molar-refractivity contribution is 7.08. The Morgan fingerprint density at radius 2 is 1.93 bits per heavy atom. The molecule has 0 aliphatic carbocycles. The van der Waals surface area contributed by atoms with E-state index in [2.05, 4.69) is 10.3 Å². The van der Waals surface area contributed by atoms with E-state index >= 15 is 0 Å². The number of hydrogen-bond donors (Lipinski definition) is 1. The lowest BCUT2D eigenvalue weighted by atomic mass is 10.1. The van der Waals surface area contributed by atoms with Crippen molar-refractivity contribution in [3.8, 4) is 11.1 Å². The third-order valence-corrected chi connectivity index (χ3v) is 5.13. The van der Waals surface area contributed by atoms with Crippen LogP contribution in [0.4, 0.5) is 13.2 Å². The molecule has 0 atom stereocenters. The molecule has 1 amide bonds. The van der Waals surface area contributed by atoms with E-state index in [4.69, 9.17) is 11.6 Å². The van der Waals surface area contributed by atoms with Gasteiger partial charge in [-0.2, -0.15) is 24.5 Å². The zero-order valence-corrected chi connectivity index (χ0v) is 16.2. The van der Waals surface area contributed by atoms with Crippen molar-refractivity contribution in [2.75, 3.05) is 0 Å². The predicted molar refractivity (Wildman–Crippen MR) is 104 cm³/mol. The van der Waals surface area contributed by atoms with Gasteiger partial charge in [0, 0.05) is 30.9 Å². The lowest BCUT2D eigenvalue weighted by Gasteiger charge is -2.11. The molecule has 0 spiro atoms. The molecule has 0 aliphatic heterocycles. The monoisotopic (exact) mass is 424 g/mol. The van der Waals surface area contributed by atoms with Gasteiger partial charge >= 0.3 is 6.18 Å². The van der Waals surface area contributed by atoms with Gasteiger partial charge in [-0.1, -0.05) is 17.7 Å². The van der Waals surface area contributed by atoms with Crippen LogP contribution in [-0.4, -0.2) is 10.9 Å². The van der Waals surface area contributed by atoms with E-state index in [0.717, 1.165) is 22.8 Å². The van der Waals surface area contributed by atoms with Crippen molar-refractivity contribution in [3.05, 3.63) is 75.2 Å². The second-order valence-electron chi connectivity index (χ2n) is 6.18. The number of halogens is 4. The van der Waals surface area contributed by atoms with Crippen LogP contribution in [0.3, 0.4) is 0 Å². The first kappa shape index (κ1) is 20.4. The minimum atomic E-state index is -4.52. The van der Waals surface area contributed by atoms with E-state index in [0.29, 0.717) is 12.1 Å². The zero-order chi connectivity index (χ0) is 20.1. The number of alkyl halides is 3. The van der Waals surface area contributed by atoms with E-state index in [1.54, 1.807) is 23.7 Å². The Labute approximate surface area is 169 Å². The molecule has 2 aromatic heterocycles. The lowest BCUT2D eigenvalue weighted by Crippen LogP contribution is -2.23. The van der Waals surface area contributed by atoms with Crippen molar-refractivity contribution in [2.45, 2.75) is 25.6 Å². The van der Waals surface area contributed by atoms with E-state index in [9.17, 15) is 18.0 Å². The van der Waals surface area contributed by atoms with Gasteiger partial charge in [-0.05, 0) is 58.1 Å². The zero-order valence-electron chi connectivity index (χ0n) is 14.6. The first-order valence-electron chi connectivity index (χ1n) is 8.42. The number of aryl methyl sites for hydroxylation is 1. The van der Waals surface area contributed by atoms with Crippen LogP contribution in [0, 0.1) is 0 Å². The molecule has 3 rings (SSSR count). The number of pyridine rings is 1. The molecule has 3 aromatic rings. The molecule has 0 fully saturated rings. The van der Waals surface area contributed by atoms with E-state index in [1.807, 2.05) is 22.9 Å². The van der Waals surface area contributed by atoms with Crippen LogP contribution < -0.4 is 5.32 Å². The number of carbonyl (C=O) groups is 1. The minimum absolute atomic E-state index is 0.0799. The van der Waals surface area contributed by atoms with Crippen molar-refractivity contribution in [1.82, 2.24) is 10.3 Å². The van der Waals surface area contributed by atoms with Crippen LogP contribution in [0.15, 0.2) is 53.5 Å². The average Bonchev–Trinajstić information content (AvgIpc) is 3.20. The Bertz CT molecular complexity index is 958. The minimum Gasteiger partial charge on any atom is -0.352 e. The molecule has 146 valence electrons. The van der Waals surface area contributed by atoms with Gasteiger partial charge in [0.2, 0.25) is 5.91 Å². The number of rotatable bonds is 6. The van der Waals surface area contributed by atoms with Crippen LogP contribution in [0.25, 0.3) is 11.1 Å². The molecule has 0 bridgehead atoms. The molecule has 0 aliphatic rings. The third-order valence-electron chi connectivity index (χ3n) is 4.12. The molecule has 1 N–H and O–H groups in total. The maximum atomic E-state index is 12.9. The van der Waals surface area contributed by atoms with Gasteiger partial charge in [-0.15, -0.1) is 0 Å². The SMILES string of the molecule is O=C(CCc1ccc(Cl)c(C(F)(F)F)c1)NCc1cncc(-c2ccsc2)c1. The smallest absolute Gasteiger partial charge is 0.352 e. The molecule has 3 nitrogen and oxygen atoms in total. The topological polar surface area (TPSA) is 42.0 Å². The fourth-order valence-corrected chi connectivity index (χ4v) is 3.55. The van der Waals surface area contributed by atoms with Crippen molar-refractivity contribution in [3.63, 3.8) is 0 Å². The van der Waals surface area contributed by atoms with E-state index in [1.165, 1.54) is 12.1 Å². The van der Waals surface area contributed by atoms with Crippen LogP contribution in [0.1, 0.15) is 23.1 Å². The summed E-state index contributed by atoms with van der Waals surface area (Å²) in [6.45, 7) is 0.304. The Kier molecular flexibility index (Phi) is 6.36. The largest absolute Gasteiger partial charge is 0.417 e. The molecule has 8 heteroatoms. The van der Waals surface area contributed by atoms with Crippen molar-refractivity contribution in [2.24, 2.45) is 0 Å². The highest BCUT2D eigenvalue weighted by Gasteiger charge is 2.33. The molecule has 0 saturated carbocycles. The summed E-state index contributed by atoms with van der Waals surface area (Å²) in [6, 6.07) is 7.64. The first-order valence-corrected chi connectivity index (χ1v) is 9.74. The third kappa shape index (κ3) is 5.33. The average molecular weight is 425 g/mol. The van der Waals surface area contributed by atoms with Crippen LogP contribution in [0.5, 0.6) is 0 Å². The van der Waals surface area contributed by atoms with Gasteiger partial charge < -0.3 is 5.32 Å². The second kappa shape index (κ2) is 8.75. The van der Waals surface area contributed by atoms with Gasteiger partial charge in [-0.25, -0.2) is 0 Å². The number of aromatic nitrogens is 1. The van der Waals surface area contributed by atoms with E-state index < -0.39 is 11.7 Å². The summed E-state index contributed by atoms with van der Waals surface area (Å²) >= 11 is 7.20. The van der Waals surface area contributed by atoms with Crippen LogP contribution in [-0.2, 0) is 23.9 Å². The van der Waals surface area contributed by atoms with Gasteiger partial charge in [0.1, 0.15) is 0 Å². The summed E-state index contributed by atoms with van der Waals surface area (Å²) in [5, 5.41) is 6.42. The fourth-order valence-electron chi connectivity index (χ4n) is 2.66. The Hall–Kier alpha value is -2.38. The Morgan fingerprint density at radius 3 is 2.64 bits per heavy atom. The van der Waals surface area contributed by atoms with Gasteiger partial charge in [-0.3, -0.25) is 9.78 Å². The summed E-state index contributed by atoms with van der Waals surface area (Å²) in [4.78, 5) is 16.3. The maximum absolute atomic E-state index is 12.9. The molecule has 0 unspecified atom stereocenters. The molecule has 1 aromatic carbocycles. The first-order chi connectivity index (χ1) is 13.3. The summed E-state index contributed by atoms with van der Waals surface area (Å²) in [7, 11) is 0. The van der Waals surface area contributed by atoms with Crippen LogP contribution in [0.2, 0.25) is 5.02 Å². The predicted octanol–water partition coefficient (Wildman–Crippen LogP) is 5.73. The number of nitrogens with zero attached hydrogens (tertiary/aromatic N) is 1. The number of hydrogen-bond acceptors (Lipinski definition) is 3. The molecule has 2 heterocycles. The number of benzene rings is 1. The summed E-state index contributed by atoms with van der Waals surface area (Å²) in [6.07, 6.45) is -0.817. The molecule has 28 heavy (non-hydrogen) atoms. The number of nitrogens with one attached hydrogen (secondary N) is 1. The van der Waals surface area contributed by atoms with Crippen molar-refractivity contribution < 1.29 is 18.0 Å². The summed E-state index contributed by atoms with van der Waals surface area (Å²) in [5.41, 5.74) is 2.40. The standard InChI is InChI=1S/C20H16ClF3N2OS/c21-18-3-1-13(8-17(18)20(22,23)24)2-4-19(27)26-10-14-7-16(11-25-9-14)15-5-6-28-12-15/h1,3,5-9,11-12H,2,4,10H2,(H,26,27). The fraction of sp³-hybridized carbons (Fsp3) is 0.200. The van der Waals surface area contributed by atoms with Gasteiger partial charge in [0.25, 0.3) is 0 Å². The number of amides is 1. The van der Waals surface area contributed by atoms with Crippen LogP contribution >= 0.6 is 22.9 Å². The second-order valence-corrected chi connectivity index (χ2v) is 7.37. The van der Waals surface area contributed by atoms with Gasteiger partial charge in [0.15, 0.2) is 0 Å². The maximum Gasteiger partial charge on any atom is 0.417 e. The quantitative estimate of drug-likeness (QED) is 0.549.